The molecule has 5 rings (SSSR count). The van der Waals surface area contributed by atoms with Crippen molar-refractivity contribution in [2.75, 3.05) is 13.1 Å². The summed E-state index contributed by atoms with van der Waals surface area (Å²) in [6.45, 7) is 1.76. The van der Waals surface area contributed by atoms with E-state index in [2.05, 4.69) is 35.2 Å². The number of guanidine groups is 1. The van der Waals surface area contributed by atoms with Crippen LogP contribution in [0.5, 0.6) is 0 Å². The number of carbonyl (C=O) groups is 1. The fraction of sp³-hybridized carbons (Fsp3) is 0.304. The number of amides is 1. The van der Waals surface area contributed by atoms with E-state index in [1.54, 1.807) is 0 Å². The van der Waals surface area contributed by atoms with Crippen LogP contribution in [0.1, 0.15) is 36.4 Å². The van der Waals surface area contributed by atoms with Gasteiger partial charge in [0.15, 0.2) is 0 Å². The predicted molar refractivity (Wildman–Crippen MR) is 107 cm³/mol. The molecule has 3 aliphatic rings. The average molecular weight is 357 g/mol. The van der Waals surface area contributed by atoms with Crippen molar-refractivity contribution < 1.29 is 4.79 Å². The summed E-state index contributed by atoms with van der Waals surface area (Å²) in [5, 5.41) is 0. The summed E-state index contributed by atoms with van der Waals surface area (Å²) in [5.74, 6) is 1.74. The Kier molecular flexibility index (Phi) is 4.04. The lowest BCUT2D eigenvalue weighted by Gasteiger charge is -2.29. The Hall–Kier alpha value is -2.88. The second-order valence-electron chi connectivity index (χ2n) is 7.66. The van der Waals surface area contributed by atoms with Gasteiger partial charge in [0, 0.05) is 12.2 Å². The maximum absolute atomic E-state index is 13.1. The Labute approximate surface area is 159 Å². The van der Waals surface area contributed by atoms with E-state index < -0.39 is 0 Å². The first kappa shape index (κ1) is 16.3. The molecule has 4 heteroatoms. The molecule has 1 aliphatic carbocycles. The zero-order chi connectivity index (χ0) is 18.2. The van der Waals surface area contributed by atoms with Gasteiger partial charge in [0.2, 0.25) is 11.9 Å². The lowest BCUT2D eigenvalue weighted by atomic mass is 10.0. The van der Waals surface area contributed by atoms with Crippen molar-refractivity contribution in [1.29, 1.82) is 0 Å². The van der Waals surface area contributed by atoms with Crippen LogP contribution in [0.15, 0.2) is 71.4 Å². The van der Waals surface area contributed by atoms with E-state index in [0.717, 1.165) is 41.8 Å². The highest BCUT2D eigenvalue weighted by Crippen LogP contribution is 2.37. The van der Waals surface area contributed by atoms with Gasteiger partial charge < -0.3 is 4.90 Å². The molecule has 0 aromatic heterocycles. The predicted octanol–water partition coefficient (Wildman–Crippen LogP) is 4.08. The van der Waals surface area contributed by atoms with Gasteiger partial charge in [-0.1, -0.05) is 60.7 Å². The molecule has 2 heterocycles. The van der Waals surface area contributed by atoms with Crippen molar-refractivity contribution in [2.45, 2.75) is 25.3 Å². The summed E-state index contributed by atoms with van der Waals surface area (Å²) in [5.41, 5.74) is 3.28. The average Bonchev–Trinajstić information content (AvgIpc) is 3.45. The number of fused-ring (bicyclic) bond motifs is 1. The summed E-state index contributed by atoms with van der Waals surface area (Å²) in [6.07, 6.45) is 5.13. The molecule has 0 radical (unpaired) electrons. The van der Waals surface area contributed by atoms with Gasteiger partial charge in [-0.15, -0.1) is 0 Å². The summed E-state index contributed by atoms with van der Waals surface area (Å²) >= 11 is 0. The fourth-order valence-corrected chi connectivity index (χ4v) is 3.94. The Morgan fingerprint density at radius 1 is 1.00 bits per heavy atom. The molecule has 1 saturated heterocycles. The van der Waals surface area contributed by atoms with E-state index in [4.69, 9.17) is 4.99 Å². The molecule has 0 spiro atoms. The van der Waals surface area contributed by atoms with Gasteiger partial charge in [-0.05, 0) is 36.0 Å². The highest BCUT2D eigenvalue weighted by atomic mass is 16.2. The summed E-state index contributed by atoms with van der Waals surface area (Å²) in [4.78, 5) is 22.3. The minimum absolute atomic E-state index is 0.0808. The normalized spacial score (nSPS) is 23.6. The van der Waals surface area contributed by atoms with Crippen molar-refractivity contribution in [3.05, 3.63) is 77.5 Å². The van der Waals surface area contributed by atoms with E-state index in [1.807, 2.05) is 41.3 Å². The molecule has 0 bridgehead atoms. The van der Waals surface area contributed by atoms with Crippen LogP contribution in [-0.2, 0) is 4.79 Å². The molecule has 4 nitrogen and oxygen atoms in total. The third-order valence-electron chi connectivity index (χ3n) is 5.50. The van der Waals surface area contributed by atoms with Crippen molar-refractivity contribution in [3.8, 4) is 0 Å². The number of nitrogens with zero attached hydrogens (tertiary/aromatic N) is 3. The maximum atomic E-state index is 13.1. The molecule has 2 fully saturated rings. The molecular weight excluding hydrogens is 334 g/mol. The lowest BCUT2D eigenvalue weighted by Crippen LogP contribution is -2.41. The molecule has 2 aromatic carbocycles. The Bertz CT molecular complexity index is 900. The standard InChI is InChI=1S/C23H23N3O/c27-22-14-21(19-9-5-2-6-10-19)24-23-25(15-18-11-12-18)16-20(26(22)23)13-17-7-3-1-4-8-17/h1-10,13,18,21H,11-12,14-16H2/b20-13-/t21-/m0/s1. The molecule has 1 amide bonds. The zero-order valence-corrected chi connectivity index (χ0v) is 15.3. The molecule has 1 saturated carbocycles. The second-order valence-corrected chi connectivity index (χ2v) is 7.66. The largest absolute Gasteiger partial charge is 0.336 e. The van der Waals surface area contributed by atoms with Crippen LogP contribution in [0, 0.1) is 5.92 Å². The molecule has 0 N–H and O–H groups in total. The van der Waals surface area contributed by atoms with Gasteiger partial charge in [-0.25, -0.2) is 4.99 Å². The second kappa shape index (κ2) is 6.69. The van der Waals surface area contributed by atoms with E-state index >= 15 is 0 Å². The van der Waals surface area contributed by atoms with Crippen LogP contribution in [0.3, 0.4) is 0 Å². The summed E-state index contributed by atoms with van der Waals surface area (Å²) < 4.78 is 0. The molecule has 27 heavy (non-hydrogen) atoms. The van der Waals surface area contributed by atoms with E-state index in [0.29, 0.717) is 6.42 Å². The van der Waals surface area contributed by atoms with Crippen molar-refractivity contribution >= 4 is 17.9 Å². The highest BCUT2D eigenvalue weighted by molar-refractivity contribution is 6.04. The van der Waals surface area contributed by atoms with Gasteiger partial charge in [0.05, 0.1) is 19.0 Å². The molecular formula is C23H23N3O. The van der Waals surface area contributed by atoms with Gasteiger partial charge in [-0.2, -0.15) is 0 Å². The minimum Gasteiger partial charge on any atom is -0.336 e. The number of rotatable bonds is 4. The maximum Gasteiger partial charge on any atom is 0.236 e. The number of aliphatic imine (C=N–C) groups is 1. The number of hydrogen-bond donors (Lipinski definition) is 0. The first-order valence-corrected chi connectivity index (χ1v) is 9.74. The van der Waals surface area contributed by atoms with Crippen LogP contribution < -0.4 is 0 Å². The van der Waals surface area contributed by atoms with E-state index in [-0.39, 0.29) is 11.9 Å². The van der Waals surface area contributed by atoms with Crippen molar-refractivity contribution in [2.24, 2.45) is 10.9 Å². The zero-order valence-electron chi connectivity index (χ0n) is 15.3. The fourth-order valence-electron chi connectivity index (χ4n) is 3.94. The smallest absolute Gasteiger partial charge is 0.236 e. The molecule has 0 unspecified atom stereocenters. The monoisotopic (exact) mass is 357 g/mol. The van der Waals surface area contributed by atoms with Crippen LogP contribution in [0.25, 0.3) is 6.08 Å². The highest BCUT2D eigenvalue weighted by Gasteiger charge is 2.41. The summed E-state index contributed by atoms with van der Waals surface area (Å²) in [7, 11) is 0. The van der Waals surface area contributed by atoms with Gasteiger partial charge in [0.25, 0.3) is 0 Å². The van der Waals surface area contributed by atoms with E-state index in [1.165, 1.54) is 12.8 Å². The van der Waals surface area contributed by atoms with E-state index in [9.17, 15) is 4.79 Å². The molecule has 136 valence electrons. The van der Waals surface area contributed by atoms with Crippen LogP contribution in [0.4, 0.5) is 0 Å². The Balaban J connectivity index is 1.52. The van der Waals surface area contributed by atoms with Crippen LogP contribution >= 0.6 is 0 Å². The van der Waals surface area contributed by atoms with Gasteiger partial charge >= 0.3 is 0 Å². The molecule has 1 atom stereocenters. The Morgan fingerprint density at radius 2 is 1.70 bits per heavy atom. The quantitative estimate of drug-likeness (QED) is 0.826. The SMILES string of the molecule is O=C1C[C@@H](c2ccccc2)N=C2N(CC3CC3)C/C(=C/c3ccccc3)N12. The topological polar surface area (TPSA) is 35.9 Å². The Morgan fingerprint density at radius 3 is 2.41 bits per heavy atom. The third kappa shape index (κ3) is 3.27. The minimum atomic E-state index is -0.0808. The van der Waals surface area contributed by atoms with Crippen LogP contribution in [0.2, 0.25) is 0 Å². The lowest BCUT2D eigenvalue weighted by molar-refractivity contribution is -0.126. The van der Waals surface area contributed by atoms with Crippen molar-refractivity contribution in [1.82, 2.24) is 9.80 Å². The number of hydrogen-bond acceptors (Lipinski definition) is 3. The third-order valence-corrected chi connectivity index (χ3v) is 5.50. The molecule has 2 aromatic rings. The van der Waals surface area contributed by atoms with Crippen molar-refractivity contribution in [3.63, 3.8) is 0 Å². The van der Waals surface area contributed by atoms with Gasteiger partial charge in [0.1, 0.15) is 0 Å². The number of benzene rings is 2. The number of carbonyl (C=O) groups excluding carboxylic acids is 1. The summed E-state index contributed by atoms with van der Waals surface area (Å²) in [6, 6.07) is 20.3. The first-order chi connectivity index (χ1) is 13.3. The molecule has 2 aliphatic heterocycles. The van der Waals surface area contributed by atoms with Crippen LogP contribution in [-0.4, -0.2) is 34.8 Å². The first-order valence-electron chi connectivity index (χ1n) is 9.74. The van der Waals surface area contributed by atoms with Gasteiger partial charge in [-0.3, -0.25) is 9.69 Å².